The van der Waals surface area contributed by atoms with Gasteiger partial charge in [0.1, 0.15) is 8.96 Å². The monoisotopic (exact) mass is 185 g/mol. The fourth-order valence-electron chi connectivity index (χ4n) is 1.12. The Morgan fingerprint density at radius 1 is 1.42 bits per heavy atom. The minimum atomic E-state index is -0.717. The fraction of sp³-hybridized carbons (Fsp3) is 0.800. The molecule has 0 aromatic rings. The van der Waals surface area contributed by atoms with Crippen LogP contribution in [0.4, 0.5) is 0 Å². The van der Waals surface area contributed by atoms with Crippen LogP contribution in [0.25, 0.3) is 0 Å². The van der Waals surface area contributed by atoms with Crippen LogP contribution in [0.5, 0.6) is 0 Å². The van der Waals surface area contributed by atoms with Gasteiger partial charge in [-0.05, 0) is 19.0 Å². The first-order valence-electron chi connectivity index (χ1n) is 5.06. The molecular formula is C10H23NSi. The summed E-state index contributed by atoms with van der Waals surface area (Å²) >= 11 is 0. The predicted molar refractivity (Wildman–Crippen MR) is 59.9 cm³/mol. The third-order valence-corrected chi connectivity index (χ3v) is 4.43. The standard InChI is InChI=1S/C10H23NSi/c1-5-6-8-12(11-4)9-7-10(2)3/h7,9-12H,5-6,8H2,1-4H3. The number of unbranched alkanes of at least 4 members (excludes halogenated alkanes) is 1. The minimum Gasteiger partial charge on any atom is -0.339 e. The summed E-state index contributed by atoms with van der Waals surface area (Å²) in [5.74, 6) is 0.704. The van der Waals surface area contributed by atoms with Crippen LogP contribution < -0.4 is 4.98 Å². The van der Waals surface area contributed by atoms with Gasteiger partial charge in [0, 0.05) is 0 Å². The SMILES string of the molecule is CCCC[SiH](C=CC(C)C)NC. The Morgan fingerprint density at radius 2 is 2.08 bits per heavy atom. The average Bonchev–Trinajstić information content (AvgIpc) is 2.05. The summed E-state index contributed by atoms with van der Waals surface area (Å²) in [6.45, 7) is 6.72. The van der Waals surface area contributed by atoms with Crippen LogP contribution in [0, 0.1) is 5.92 Å². The van der Waals surface area contributed by atoms with Gasteiger partial charge in [0.15, 0.2) is 0 Å². The number of hydrogen-bond donors (Lipinski definition) is 1. The van der Waals surface area contributed by atoms with Crippen LogP contribution in [0.15, 0.2) is 11.8 Å². The van der Waals surface area contributed by atoms with Gasteiger partial charge in [-0.3, -0.25) is 0 Å². The molecular weight excluding hydrogens is 162 g/mol. The summed E-state index contributed by atoms with van der Waals surface area (Å²) in [5.41, 5.74) is 2.43. The summed E-state index contributed by atoms with van der Waals surface area (Å²) < 4.78 is 0. The maximum Gasteiger partial charge on any atom is 0.133 e. The minimum absolute atomic E-state index is 0.704. The van der Waals surface area contributed by atoms with Crippen LogP contribution in [0.2, 0.25) is 6.04 Å². The van der Waals surface area contributed by atoms with E-state index in [0.29, 0.717) is 5.92 Å². The summed E-state index contributed by atoms with van der Waals surface area (Å²) in [7, 11) is 1.38. The van der Waals surface area contributed by atoms with Crippen molar-refractivity contribution in [2.45, 2.75) is 39.7 Å². The zero-order chi connectivity index (χ0) is 9.40. The molecule has 0 heterocycles. The van der Waals surface area contributed by atoms with E-state index in [9.17, 15) is 0 Å². The van der Waals surface area contributed by atoms with E-state index in [1.807, 2.05) is 0 Å². The van der Waals surface area contributed by atoms with Crippen LogP contribution in [-0.2, 0) is 0 Å². The number of allylic oxidation sites excluding steroid dienone is 1. The van der Waals surface area contributed by atoms with Crippen molar-refractivity contribution in [1.29, 1.82) is 0 Å². The lowest BCUT2D eigenvalue weighted by molar-refractivity contribution is 0.830. The molecule has 0 aromatic heterocycles. The van der Waals surface area contributed by atoms with Crippen molar-refractivity contribution in [2.24, 2.45) is 5.92 Å². The topological polar surface area (TPSA) is 12.0 Å². The van der Waals surface area contributed by atoms with Crippen LogP contribution in [-0.4, -0.2) is 16.0 Å². The molecule has 72 valence electrons. The van der Waals surface area contributed by atoms with E-state index in [1.54, 1.807) is 0 Å². The molecule has 1 nitrogen and oxygen atoms in total. The zero-order valence-electron chi connectivity index (χ0n) is 8.93. The highest BCUT2D eigenvalue weighted by Crippen LogP contribution is 2.01. The first kappa shape index (κ1) is 11.9. The maximum atomic E-state index is 3.44. The molecule has 0 saturated heterocycles. The Balaban J connectivity index is 3.66. The lowest BCUT2D eigenvalue weighted by atomic mass is 10.2. The van der Waals surface area contributed by atoms with Gasteiger partial charge < -0.3 is 4.98 Å². The van der Waals surface area contributed by atoms with Crippen molar-refractivity contribution in [3.05, 3.63) is 11.8 Å². The van der Waals surface area contributed by atoms with E-state index in [1.165, 1.54) is 18.9 Å². The summed E-state index contributed by atoms with van der Waals surface area (Å²) in [4.78, 5) is 3.44. The molecule has 0 aliphatic heterocycles. The van der Waals surface area contributed by atoms with E-state index >= 15 is 0 Å². The van der Waals surface area contributed by atoms with Crippen LogP contribution in [0.1, 0.15) is 33.6 Å². The Hall–Kier alpha value is -0.0831. The van der Waals surface area contributed by atoms with E-state index in [0.717, 1.165) is 0 Å². The summed E-state index contributed by atoms with van der Waals surface area (Å²) in [6.07, 6.45) is 5.03. The van der Waals surface area contributed by atoms with Gasteiger partial charge in [0.25, 0.3) is 0 Å². The molecule has 0 aliphatic rings. The van der Waals surface area contributed by atoms with Crippen molar-refractivity contribution in [3.63, 3.8) is 0 Å². The van der Waals surface area contributed by atoms with E-state index in [2.05, 4.69) is 44.6 Å². The van der Waals surface area contributed by atoms with Gasteiger partial charge in [-0.1, -0.05) is 45.4 Å². The fourth-order valence-corrected chi connectivity index (χ4v) is 3.35. The molecule has 1 unspecified atom stereocenters. The molecule has 0 rings (SSSR count). The van der Waals surface area contributed by atoms with Gasteiger partial charge in [-0.2, -0.15) is 0 Å². The second kappa shape index (κ2) is 7.56. The Bertz CT molecular complexity index is 121. The second-order valence-corrected chi connectivity index (χ2v) is 6.42. The highest BCUT2D eigenvalue weighted by atomic mass is 28.3. The van der Waals surface area contributed by atoms with Gasteiger partial charge in [0.2, 0.25) is 0 Å². The summed E-state index contributed by atoms with van der Waals surface area (Å²) in [5, 5.41) is 0. The third kappa shape index (κ3) is 6.62. The number of nitrogens with one attached hydrogen (secondary N) is 1. The number of hydrogen-bond acceptors (Lipinski definition) is 1. The molecule has 2 heteroatoms. The van der Waals surface area contributed by atoms with E-state index in [4.69, 9.17) is 0 Å². The van der Waals surface area contributed by atoms with Crippen molar-refractivity contribution in [3.8, 4) is 0 Å². The van der Waals surface area contributed by atoms with Gasteiger partial charge in [-0.15, -0.1) is 0 Å². The van der Waals surface area contributed by atoms with Gasteiger partial charge in [-0.25, -0.2) is 0 Å². The molecule has 0 fully saturated rings. The lowest BCUT2D eigenvalue weighted by Crippen LogP contribution is -2.28. The molecule has 0 bridgehead atoms. The predicted octanol–water partition coefficient (Wildman–Crippen LogP) is 2.48. The largest absolute Gasteiger partial charge is 0.339 e. The smallest absolute Gasteiger partial charge is 0.133 e. The third-order valence-electron chi connectivity index (χ3n) is 1.97. The first-order chi connectivity index (χ1) is 5.70. The molecule has 0 spiro atoms. The van der Waals surface area contributed by atoms with Crippen molar-refractivity contribution < 1.29 is 0 Å². The van der Waals surface area contributed by atoms with Gasteiger partial charge >= 0.3 is 0 Å². The maximum absolute atomic E-state index is 3.44. The Labute approximate surface area is 78.9 Å². The quantitative estimate of drug-likeness (QED) is 0.627. The molecule has 1 N–H and O–H groups in total. The Morgan fingerprint density at radius 3 is 2.50 bits per heavy atom. The Kier molecular flexibility index (Phi) is 7.51. The lowest BCUT2D eigenvalue weighted by Gasteiger charge is -2.08. The molecule has 12 heavy (non-hydrogen) atoms. The first-order valence-corrected chi connectivity index (χ1v) is 7.12. The van der Waals surface area contributed by atoms with Crippen molar-refractivity contribution >= 4 is 8.96 Å². The molecule has 0 aromatic carbocycles. The highest BCUT2D eigenvalue weighted by molar-refractivity contribution is 6.61. The second-order valence-electron chi connectivity index (χ2n) is 3.67. The molecule has 0 amide bonds. The van der Waals surface area contributed by atoms with Gasteiger partial charge in [0.05, 0.1) is 0 Å². The molecule has 1 atom stereocenters. The molecule has 0 radical (unpaired) electrons. The molecule has 0 saturated carbocycles. The van der Waals surface area contributed by atoms with Crippen LogP contribution >= 0.6 is 0 Å². The number of rotatable bonds is 6. The van der Waals surface area contributed by atoms with Crippen LogP contribution in [0.3, 0.4) is 0 Å². The van der Waals surface area contributed by atoms with Crippen molar-refractivity contribution in [2.75, 3.05) is 7.05 Å². The summed E-state index contributed by atoms with van der Waals surface area (Å²) in [6, 6.07) is 1.40. The normalized spacial score (nSPS) is 14.4. The highest BCUT2D eigenvalue weighted by Gasteiger charge is 2.02. The molecule has 0 aliphatic carbocycles. The average molecular weight is 185 g/mol. The van der Waals surface area contributed by atoms with Crippen molar-refractivity contribution in [1.82, 2.24) is 4.98 Å². The van der Waals surface area contributed by atoms with E-state index in [-0.39, 0.29) is 0 Å². The zero-order valence-corrected chi connectivity index (χ0v) is 10.1. The van der Waals surface area contributed by atoms with E-state index < -0.39 is 8.96 Å².